The zero-order chi connectivity index (χ0) is 12.3. The number of halogens is 1. The van der Waals surface area contributed by atoms with Crippen molar-refractivity contribution in [2.45, 2.75) is 23.3 Å². The number of benzene rings is 2. The average molecular weight is 247 g/mol. The topological polar surface area (TPSA) is 26.0 Å². The maximum atomic E-state index is 13.1. The Kier molecular flexibility index (Phi) is 3.82. The van der Waals surface area contributed by atoms with Gasteiger partial charge < -0.3 is 5.73 Å². The lowest BCUT2D eigenvalue weighted by atomic mass is 10.1. The summed E-state index contributed by atoms with van der Waals surface area (Å²) in [5, 5.41) is 0. The van der Waals surface area contributed by atoms with Gasteiger partial charge in [-0.1, -0.05) is 30.0 Å². The summed E-state index contributed by atoms with van der Waals surface area (Å²) in [6, 6.07) is 12.7. The summed E-state index contributed by atoms with van der Waals surface area (Å²) < 4.78 is 13.1. The van der Waals surface area contributed by atoms with Crippen molar-refractivity contribution >= 4 is 11.8 Å². The van der Waals surface area contributed by atoms with Gasteiger partial charge in [0.05, 0.1) is 0 Å². The van der Waals surface area contributed by atoms with E-state index >= 15 is 0 Å². The fourth-order valence-electron chi connectivity index (χ4n) is 1.58. The Morgan fingerprint density at radius 3 is 2.71 bits per heavy atom. The normalized spacial score (nSPS) is 10.5. The monoisotopic (exact) mass is 247 g/mol. The maximum absolute atomic E-state index is 13.1. The molecule has 2 N–H and O–H groups in total. The van der Waals surface area contributed by atoms with Gasteiger partial charge in [0.15, 0.2) is 0 Å². The highest BCUT2D eigenvalue weighted by atomic mass is 32.2. The van der Waals surface area contributed by atoms with Gasteiger partial charge in [0.2, 0.25) is 0 Å². The maximum Gasteiger partial charge on any atom is 0.124 e. The summed E-state index contributed by atoms with van der Waals surface area (Å²) in [7, 11) is 0. The SMILES string of the molecule is Cc1ccc(CN)c(Sc2cccc(F)c2)c1. The number of hydrogen-bond donors (Lipinski definition) is 1. The molecule has 0 bridgehead atoms. The highest BCUT2D eigenvalue weighted by Gasteiger charge is 2.04. The van der Waals surface area contributed by atoms with Crippen LogP contribution in [0.3, 0.4) is 0 Å². The molecule has 0 saturated heterocycles. The van der Waals surface area contributed by atoms with Gasteiger partial charge >= 0.3 is 0 Å². The van der Waals surface area contributed by atoms with Crippen LogP contribution in [0.4, 0.5) is 4.39 Å². The first-order valence-electron chi connectivity index (χ1n) is 5.42. The minimum Gasteiger partial charge on any atom is -0.326 e. The van der Waals surface area contributed by atoms with E-state index in [0.717, 1.165) is 15.4 Å². The summed E-state index contributed by atoms with van der Waals surface area (Å²) in [4.78, 5) is 1.99. The van der Waals surface area contributed by atoms with E-state index in [1.165, 1.54) is 17.7 Å². The van der Waals surface area contributed by atoms with Crippen molar-refractivity contribution in [2.75, 3.05) is 0 Å². The van der Waals surface area contributed by atoms with E-state index in [9.17, 15) is 4.39 Å². The molecule has 17 heavy (non-hydrogen) atoms. The third kappa shape index (κ3) is 3.08. The molecule has 0 radical (unpaired) electrons. The van der Waals surface area contributed by atoms with E-state index in [4.69, 9.17) is 5.73 Å². The van der Waals surface area contributed by atoms with Gasteiger partial charge in [-0.05, 0) is 42.3 Å². The number of hydrogen-bond acceptors (Lipinski definition) is 2. The van der Waals surface area contributed by atoms with Crippen molar-refractivity contribution in [1.82, 2.24) is 0 Å². The Labute approximate surface area is 105 Å². The lowest BCUT2D eigenvalue weighted by molar-refractivity contribution is 0.624. The molecule has 88 valence electrons. The third-order valence-electron chi connectivity index (χ3n) is 2.47. The zero-order valence-electron chi connectivity index (χ0n) is 9.61. The summed E-state index contributed by atoms with van der Waals surface area (Å²) in [6.07, 6.45) is 0. The molecule has 0 heterocycles. The first kappa shape index (κ1) is 12.1. The molecule has 0 aliphatic heterocycles. The zero-order valence-corrected chi connectivity index (χ0v) is 10.4. The lowest BCUT2D eigenvalue weighted by Gasteiger charge is -2.08. The second kappa shape index (κ2) is 5.34. The summed E-state index contributed by atoms with van der Waals surface area (Å²) in [5.41, 5.74) is 7.97. The molecule has 3 heteroatoms. The Morgan fingerprint density at radius 1 is 1.18 bits per heavy atom. The number of nitrogens with two attached hydrogens (primary N) is 1. The molecule has 0 amide bonds. The Hall–Kier alpha value is -1.32. The third-order valence-corrected chi connectivity index (χ3v) is 3.56. The Bertz CT molecular complexity index is 525. The Morgan fingerprint density at radius 2 is 2.00 bits per heavy atom. The van der Waals surface area contributed by atoms with Gasteiger partial charge in [-0.25, -0.2) is 4.39 Å². The Balaban J connectivity index is 2.32. The predicted octanol–water partition coefficient (Wildman–Crippen LogP) is 3.74. The molecule has 2 aromatic rings. The largest absolute Gasteiger partial charge is 0.326 e. The van der Waals surface area contributed by atoms with Crippen LogP contribution in [0.1, 0.15) is 11.1 Å². The van der Waals surface area contributed by atoms with Gasteiger partial charge in [-0.15, -0.1) is 0 Å². The van der Waals surface area contributed by atoms with Gasteiger partial charge in [-0.2, -0.15) is 0 Å². The molecular formula is C14H14FNS. The van der Waals surface area contributed by atoms with Crippen LogP contribution in [0.15, 0.2) is 52.3 Å². The van der Waals surface area contributed by atoms with E-state index in [1.54, 1.807) is 17.8 Å². The molecule has 0 aliphatic rings. The first-order chi connectivity index (χ1) is 8.19. The van der Waals surface area contributed by atoms with Crippen LogP contribution in [0.5, 0.6) is 0 Å². The molecular weight excluding hydrogens is 233 g/mol. The second-order valence-corrected chi connectivity index (χ2v) is 4.99. The van der Waals surface area contributed by atoms with Gasteiger partial charge in [0, 0.05) is 16.3 Å². The minimum absolute atomic E-state index is 0.211. The van der Waals surface area contributed by atoms with Crippen molar-refractivity contribution in [3.63, 3.8) is 0 Å². The van der Waals surface area contributed by atoms with Crippen LogP contribution in [-0.4, -0.2) is 0 Å². The smallest absolute Gasteiger partial charge is 0.124 e. The molecule has 0 aliphatic carbocycles. The lowest BCUT2D eigenvalue weighted by Crippen LogP contribution is -1.98. The minimum atomic E-state index is -0.211. The fourth-order valence-corrected chi connectivity index (χ4v) is 2.68. The van der Waals surface area contributed by atoms with Crippen LogP contribution in [0, 0.1) is 12.7 Å². The van der Waals surface area contributed by atoms with E-state index in [2.05, 4.69) is 6.07 Å². The summed E-state index contributed by atoms with van der Waals surface area (Å²) >= 11 is 1.55. The molecule has 2 aromatic carbocycles. The molecule has 0 fully saturated rings. The van der Waals surface area contributed by atoms with Crippen LogP contribution in [0.2, 0.25) is 0 Å². The van der Waals surface area contributed by atoms with Crippen molar-refractivity contribution in [1.29, 1.82) is 0 Å². The van der Waals surface area contributed by atoms with Gasteiger partial charge in [-0.3, -0.25) is 0 Å². The standard InChI is InChI=1S/C14H14FNS/c1-10-5-6-11(9-16)14(7-10)17-13-4-2-3-12(15)8-13/h2-8H,9,16H2,1H3. The highest BCUT2D eigenvalue weighted by molar-refractivity contribution is 7.99. The van der Waals surface area contributed by atoms with E-state index in [-0.39, 0.29) is 5.82 Å². The van der Waals surface area contributed by atoms with Crippen molar-refractivity contribution in [3.05, 3.63) is 59.4 Å². The van der Waals surface area contributed by atoms with Crippen molar-refractivity contribution in [3.8, 4) is 0 Å². The molecule has 1 nitrogen and oxygen atoms in total. The fraction of sp³-hybridized carbons (Fsp3) is 0.143. The average Bonchev–Trinajstić information content (AvgIpc) is 2.29. The molecule has 0 spiro atoms. The summed E-state index contributed by atoms with van der Waals surface area (Å²) in [6.45, 7) is 2.54. The van der Waals surface area contributed by atoms with Gasteiger partial charge in [0.1, 0.15) is 5.82 Å². The molecule has 0 aromatic heterocycles. The number of rotatable bonds is 3. The quantitative estimate of drug-likeness (QED) is 0.894. The van der Waals surface area contributed by atoms with Crippen LogP contribution in [-0.2, 0) is 6.54 Å². The van der Waals surface area contributed by atoms with E-state index in [1.807, 2.05) is 25.1 Å². The number of aryl methyl sites for hydroxylation is 1. The first-order valence-corrected chi connectivity index (χ1v) is 6.23. The van der Waals surface area contributed by atoms with Gasteiger partial charge in [0.25, 0.3) is 0 Å². The second-order valence-electron chi connectivity index (χ2n) is 3.87. The van der Waals surface area contributed by atoms with Crippen LogP contribution >= 0.6 is 11.8 Å². The molecule has 0 saturated carbocycles. The predicted molar refractivity (Wildman–Crippen MR) is 69.6 cm³/mol. The van der Waals surface area contributed by atoms with Crippen molar-refractivity contribution in [2.24, 2.45) is 5.73 Å². The summed E-state index contributed by atoms with van der Waals surface area (Å²) in [5.74, 6) is -0.211. The molecule has 2 rings (SSSR count). The van der Waals surface area contributed by atoms with Crippen LogP contribution in [0.25, 0.3) is 0 Å². The van der Waals surface area contributed by atoms with E-state index < -0.39 is 0 Å². The molecule has 0 unspecified atom stereocenters. The van der Waals surface area contributed by atoms with E-state index in [0.29, 0.717) is 6.54 Å². The van der Waals surface area contributed by atoms with Crippen molar-refractivity contribution < 1.29 is 4.39 Å². The highest BCUT2D eigenvalue weighted by Crippen LogP contribution is 2.31. The molecule has 0 atom stereocenters. The van der Waals surface area contributed by atoms with Crippen LogP contribution < -0.4 is 5.73 Å².